The number of hydrogen-bond acceptors (Lipinski definition) is 4. The molecule has 2 aliphatic rings. The molecule has 0 aliphatic carbocycles. The number of rotatable bonds is 4. The van der Waals surface area contributed by atoms with Crippen LogP contribution < -0.4 is 5.32 Å². The summed E-state index contributed by atoms with van der Waals surface area (Å²) in [4.78, 5) is 19.5. The average Bonchev–Trinajstić information content (AvgIpc) is 3.02. The first kappa shape index (κ1) is 15.7. The van der Waals surface area contributed by atoms with Crippen molar-refractivity contribution in [2.45, 2.75) is 31.8 Å². The van der Waals surface area contributed by atoms with Crippen LogP contribution in [0.1, 0.15) is 24.0 Å². The van der Waals surface area contributed by atoms with Gasteiger partial charge in [0, 0.05) is 19.5 Å². The molecule has 0 saturated carbocycles. The summed E-state index contributed by atoms with van der Waals surface area (Å²) < 4.78 is 0. The van der Waals surface area contributed by atoms with E-state index >= 15 is 0 Å². The van der Waals surface area contributed by atoms with Crippen molar-refractivity contribution in [3.8, 4) is 5.75 Å². The first-order valence-electron chi connectivity index (χ1n) is 8.68. The molecule has 0 unspecified atom stereocenters. The summed E-state index contributed by atoms with van der Waals surface area (Å²) in [6.45, 7) is 1.31. The molecule has 2 aromatic rings. The zero-order valence-corrected chi connectivity index (χ0v) is 14.0. The minimum Gasteiger partial charge on any atom is -0.508 e. The van der Waals surface area contributed by atoms with Gasteiger partial charge >= 0.3 is 0 Å². The van der Waals surface area contributed by atoms with Gasteiger partial charge in [-0.2, -0.15) is 0 Å². The predicted molar refractivity (Wildman–Crippen MR) is 96.9 cm³/mol. The van der Waals surface area contributed by atoms with Crippen molar-refractivity contribution in [1.82, 2.24) is 10.2 Å². The van der Waals surface area contributed by atoms with Gasteiger partial charge in [-0.15, -0.1) is 0 Å². The third-order valence-corrected chi connectivity index (χ3v) is 4.86. The van der Waals surface area contributed by atoms with Crippen LogP contribution in [0.3, 0.4) is 0 Å². The van der Waals surface area contributed by atoms with E-state index in [-0.39, 0.29) is 17.7 Å². The van der Waals surface area contributed by atoms with E-state index < -0.39 is 0 Å². The van der Waals surface area contributed by atoms with E-state index in [0.717, 1.165) is 36.5 Å². The first-order valence-corrected chi connectivity index (χ1v) is 8.68. The fraction of sp³-hybridized carbons (Fsp3) is 0.300. The van der Waals surface area contributed by atoms with Crippen molar-refractivity contribution >= 4 is 17.4 Å². The lowest BCUT2D eigenvalue weighted by atomic mass is 10.1. The van der Waals surface area contributed by atoms with Crippen LogP contribution in [-0.2, 0) is 17.8 Å². The number of phenols is 1. The number of benzene rings is 2. The number of carbonyl (C=O) groups excluding carboxylic acids is 1. The number of carbonyl (C=O) groups is 1. The maximum Gasteiger partial charge on any atom is 0.242 e. The number of hydrogen-bond donors (Lipinski definition) is 2. The third-order valence-electron chi connectivity index (χ3n) is 4.86. The lowest BCUT2D eigenvalue weighted by Crippen LogP contribution is -2.45. The molecule has 5 nitrogen and oxygen atoms in total. The van der Waals surface area contributed by atoms with Crippen LogP contribution in [0.2, 0.25) is 0 Å². The number of aromatic hydroxyl groups is 1. The van der Waals surface area contributed by atoms with Gasteiger partial charge in [-0.25, -0.2) is 4.99 Å². The lowest BCUT2D eigenvalue weighted by molar-refractivity contribution is -0.124. The standard InChI is InChI=1S/C20H21N3O2/c24-16-6-3-4-14(12-16)10-11-21-20(25)18-8-9-19-22-17-7-2-1-5-15(17)13-23(18)19/h1-7,12,18,24H,8-11,13H2,(H,21,25)/t18-/m0/s1. The number of aliphatic imine (C=N–C) groups is 1. The van der Waals surface area contributed by atoms with Crippen molar-refractivity contribution < 1.29 is 9.90 Å². The molecule has 5 heteroatoms. The second-order valence-electron chi connectivity index (χ2n) is 6.55. The fourth-order valence-corrected chi connectivity index (χ4v) is 3.58. The van der Waals surface area contributed by atoms with Gasteiger partial charge in [-0.3, -0.25) is 4.79 Å². The number of phenolic OH excluding ortho intramolecular Hbond substituents is 1. The number of amides is 1. The Morgan fingerprint density at radius 3 is 3.00 bits per heavy atom. The van der Waals surface area contributed by atoms with Crippen LogP contribution in [0, 0.1) is 0 Å². The molecule has 25 heavy (non-hydrogen) atoms. The molecular formula is C20H21N3O2. The molecular weight excluding hydrogens is 314 g/mol. The molecule has 2 aromatic carbocycles. The van der Waals surface area contributed by atoms with Gasteiger partial charge in [-0.1, -0.05) is 30.3 Å². The maximum atomic E-state index is 12.6. The highest BCUT2D eigenvalue weighted by molar-refractivity contribution is 5.95. The Morgan fingerprint density at radius 1 is 1.24 bits per heavy atom. The van der Waals surface area contributed by atoms with E-state index in [9.17, 15) is 9.90 Å². The van der Waals surface area contributed by atoms with E-state index in [1.807, 2.05) is 30.3 Å². The highest BCUT2D eigenvalue weighted by atomic mass is 16.3. The topological polar surface area (TPSA) is 64.9 Å². The number of nitrogens with one attached hydrogen (secondary N) is 1. The van der Waals surface area contributed by atoms with Gasteiger partial charge in [0.25, 0.3) is 0 Å². The summed E-state index contributed by atoms with van der Waals surface area (Å²) in [6.07, 6.45) is 2.36. The molecule has 0 spiro atoms. The minimum absolute atomic E-state index is 0.0599. The van der Waals surface area contributed by atoms with Crippen LogP contribution in [0.15, 0.2) is 53.5 Å². The molecule has 1 amide bonds. The molecule has 2 N–H and O–H groups in total. The largest absolute Gasteiger partial charge is 0.508 e. The van der Waals surface area contributed by atoms with Crippen LogP contribution in [0.25, 0.3) is 0 Å². The highest BCUT2D eigenvalue weighted by Gasteiger charge is 2.36. The van der Waals surface area contributed by atoms with E-state index in [1.54, 1.807) is 12.1 Å². The number of fused-ring (bicyclic) bond motifs is 2. The van der Waals surface area contributed by atoms with Gasteiger partial charge in [0.05, 0.1) is 5.69 Å². The maximum absolute atomic E-state index is 12.6. The first-order chi connectivity index (χ1) is 12.2. The summed E-state index contributed by atoms with van der Waals surface area (Å²) in [5.41, 5.74) is 3.21. The van der Waals surface area contributed by atoms with Gasteiger partial charge in [0.1, 0.15) is 17.6 Å². The number of amidine groups is 1. The smallest absolute Gasteiger partial charge is 0.242 e. The Labute approximate surface area is 147 Å². The fourth-order valence-electron chi connectivity index (χ4n) is 3.58. The van der Waals surface area contributed by atoms with Crippen LogP contribution in [-0.4, -0.2) is 34.3 Å². The summed E-state index contributed by atoms with van der Waals surface area (Å²) in [6, 6.07) is 15.1. The van der Waals surface area contributed by atoms with Crippen molar-refractivity contribution in [1.29, 1.82) is 0 Å². The normalized spacial score (nSPS) is 18.3. The Bertz CT molecular complexity index is 831. The second-order valence-corrected chi connectivity index (χ2v) is 6.55. The van der Waals surface area contributed by atoms with E-state index in [4.69, 9.17) is 4.99 Å². The zero-order chi connectivity index (χ0) is 17.2. The molecule has 1 atom stereocenters. The van der Waals surface area contributed by atoms with Gasteiger partial charge < -0.3 is 15.3 Å². The summed E-state index contributed by atoms with van der Waals surface area (Å²) in [5, 5.41) is 12.5. The Balaban J connectivity index is 1.37. The molecule has 0 aromatic heterocycles. The molecule has 1 saturated heterocycles. The van der Waals surface area contributed by atoms with Crippen molar-refractivity contribution in [3.05, 3.63) is 59.7 Å². The van der Waals surface area contributed by atoms with Gasteiger partial charge in [-0.05, 0) is 42.2 Å². The zero-order valence-electron chi connectivity index (χ0n) is 14.0. The molecule has 4 rings (SSSR count). The molecule has 2 aliphatic heterocycles. The predicted octanol–water partition coefficient (Wildman–Crippen LogP) is 2.76. The van der Waals surface area contributed by atoms with Crippen molar-refractivity contribution in [3.63, 3.8) is 0 Å². The molecule has 128 valence electrons. The highest BCUT2D eigenvalue weighted by Crippen LogP contribution is 2.32. The minimum atomic E-state index is -0.142. The Kier molecular flexibility index (Phi) is 4.14. The monoisotopic (exact) mass is 335 g/mol. The molecule has 2 heterocycles. The van der Waals surface area contributed by atoms with E-state index in [1.165, 1.54) is 5.56 Å². The summed E-state index contributed by atoms with van der Waals surface area (Å²) in [5.74, 6) is 1.34. The van der Waals surface area contributed by atoms with Crippen LogP contribution in [0.4, 0.5) is 5.69 Å². The summed E-state index contributed by atoms with van der Waals surface area (Å²) in [7, 11) is 0. The number of nitrogens with zero attached hydrogens (tertiary/aromatic N) is 2. The van der Waals surface area contributed by atoms with Crippen LogP contribution in [0.5, 0.6) is 5.75 Å². The second kappa shape index (κ2) is 6.59. The van der Waals surface area contributed by atoms with Gasteiger partial charge in [0.2, 0.25) is 5.91 Å². The number of para-hydroxylation sites is 1. The average molecular weight is 335 g/mol. The van der Waals surface area contributed by atoms with E-state index in [2.05, 4.69) is 16.3 Å². The lowest BCUT2D eigenvalue weighted by Gasteiger charge is -2.29. The van der Waals surface area contributed by atoms with Crippen molar-refractivity contribution in [2.24, 2.45) is 4.99 Å². The van der Waals surface area contributed by atoms with Crippen molar-refractivity contribution in [2.75, 3.05) is 6.54 Å². The third kappa shape index (κ3) is 3.22. The SMILES string of the molecule is O=C(NCCc1cccc(O)c1)[C@@H]1CCC2=Nc3ccccc3CN21. The Hall–Kier alpha value is -2.82. The Morgan fingerprint density at radius 2 is 2.12 bits per heavy atom. The molecule has 0 bridgehead atoms. The molecule has 0 radical (unpaired) electrons. The quantitative estimate of drug-likeness (QED) is 0.903. The summed E-state index contributed by atoms with van der Waals surface area (Å²) >= 11 is 0. The molecule has 1 fully saturated rings. The van der Waals surface area contributed by atoms with E-state index in [0.29, 0.717) is 13.0 Å². The van der Waals surface area contributed by atoms with Gasteiger partial charge in [0.15, 0.2) is 0 Å². The van der Waals surface area contributed by atoms with Crippen LogP contribution >= 0.6 is 0 Å².